The van der Waals surface area contributed by atoms with Gasteiger partial charge in [0.15, 0.2) is 11.3 Å². The van der Waals surface area contributed by atoms with Gasteiger partial charge < -0.3 is 4.74 Å². The summed E-state index contributed by atoms with van der Waals surface area (Å²) in [6, 6.07) is 19.0. The third kappa shape index (κ3) is 3.15. The summed E-state index contributed by atoms with van der Waals surface area (Å²) in [4.78, 5) is 16.5. The quantitative estimate of drug-likeness (QED) is 0.417. The van der Waals surface area contributed by atoms with Gasteiger partial charge in [0.05, 0.1) is 18.5 Å². The number of fused-ring (bicyclic) bond motifs is 1. The van der Waals surface area contributed by atoms with Gasteiger partial charge in [0, 0.05) is 6.20 Å². The number of para-hydroxylation sites is 2. The van der Waals surface area contributed by atoms with E-state index in [1.165, 1.54) is 13.3 Å². The van der Waals surface area contributed by atoms with Crippen LogP contribution < -0.4 is 10.9 Å². The Kier molecular flexibility index (Phi) is 4.36. The highest BCUT2D eigenvalue weighted by atomic mass is 16.5. The lowest BCUT2D eigenvalue weighted by Crippen LogP contribution is -2.12. The van der Waals surface area contributed by atoms with Crippen LogP contribution in [0.15, 0.2) is 66.9 Å². The average molecular weight is 360 g/mol. The molecule has 0 aliphatic carbocycles. The molecule has 0 saturated carbocycles. The number of methoxy groups -OCH3 is 1. The Morgan fingerprint density at radius 3 is 2.41 bits per heavy atom. The highest BCUT2D eigenvalue weighted by Crippen LogP contribution is 2.25. The predicted octanol–water partition coefficient (Wildman–Crippen LogP) is 3.04. The van der Waals surface area contributed by atoms with Gasteiger partial charge in [-0.3, -0.25) is 10.9 Å². The molecule has 0 aliphatic rings. The van der Waals surface area contributed by atoms with E-state index in [9.17, 15) is 4.79 Å². The van der Waals surface area contributed by atoms with Gasteiger partial charge in [-0.25, -0.2) is 14.5 Å². The van der Waals surface area contributed by atoms with Crippen LogP contribution in [-0.2, 0) is 4.74 Å². The van der Waals surface area contributed by atoms with E-state index in [-0.39, 0.29) is 5.56 Å². The molecule has 0 radical (unpaired) electrons. The van der Waals surface area contributed by atoms with Gasteiger partial charge in [0.1, 0.15) is 11.1 Å². The molecule has 4 rings (SSSR count). The van der Waals surface area contributed by atoms with Crippen molar-refractivity contribution in [1.29, 1.82) is 0 Å². The summed E-state index contributed by atoms with van der Waals surface area (Å²) in [6.07, 6.45) is 1.45. The topological polar surface area (TPSA) is 94.0 Å². The van der Waals surface area contributed by atoms with Crippen LogP contribution >= 0.6 is 0 Å². The first-order valence-electron chi connectivity index (χ1n) is 8.23. The summed E-state index contributed by atoms with van der Waals surface area (Å²) in [5.41, 5.74) is 8.97. The van der Waals surface area contributed by atoms with E-state index in [0.29, 0.717) is 16.9 Å². The third-order valence-electron chi connectivity index (χ3n) is 3.98. The number of rotatable bonds is 5. The van der Waals surface area contributed by atoms with Gasteiger partial charge in [-0.1, -0.05) is 41.6 Å². The number of pyridine rings is 1. The van der Waals surface area contributed by atoms with Crippen LogP contribution in [-0.4, -0.2) is 33.1 Å². The van der Waals surface area contributed by atoms with Crippen LogP contribution in [0.2, 0.25) is 0 Å². The summed E-state index contributed by atoms with van der Waals surface area (Å²) in [6.45, 7) is 0. The minimum atomic E-state index is -0.505. The maximum Gasteiger partial charge on any atom is 0.341 e. The largest absolute Gasteiger partial charge is 0.465 e. The lowest BCUT2D eigenvalue weighted by atomic mass is 10.2. The Morgan fingerprint density at radius 1 is 1.00 bits per heavy atom. The fourth-order valence-electron chi connectivity index (χ4n) is 2.69. The van der Waals surface area contributed by atoms with E-state index in [0.717, 1.165) is 11.4 Å². The van der Waals surface area contributed by atoms with E-state index in [4.69, 9.17) is 4.74 Å². The SMILES string of the molecule is COC(=O)c1cnc(NNc2ccccc2)c2nnn(-c3ccccc3)c12. The number of esters is 1. The van der Waals surface area contributed by atoms with Gasteiger partial charge in [-0.05, 0) is 24.3 Å². The van der Waals surface area contributed by atoms with E-state index >= 15 is 0 Å². The summed E-state index contributed by atoms with van der Waals surface area (Å²) in [5, 5.41) is 8.43. The Labute approximate surface area is 154 Å². The number of hydrogen-bond donors (Lipinski definition) is 2. The molecule has 0 bridgehead atoms. The zero-order valence-corrected chi connectivity index (χ0v) is 14.5. The number of benzene rings is 2. The number of nitrogens with one attached hydrogen (secondary N) is 2. The van der Waals surface area contributed by atoms with Crippen molar-refractivity contribution in [3.05, 3.63) is 72.4 Å². The molecule has 0 amide bonds. The second-order valence-electron chi connectivity index (χ2n) is 5.66. The Hall–Kier alpha value is -3.94. The van der Waals surface area contributed by atoms with Gasteiger partial charge in [-0.15, -0.1) is 5.10 Å². The van der Waals surface area contributed by atoms with Crippen LogP contribution in [0.25, 0.3) is 16.7 Å². The van der Waals surface area contributed by atoms with Crippen molar-refractivity contribution in [2.24, 2.45) is 0 Å². The van der Waals surface area contributed by atoms with Gasteiger partial charge in [0.2, 0.25) is 0 Å². The normalized spacial score (nSPS) is 10.6. The molecule has 2 aromatic carbocycles. The van der Waals surface area contributed by atoms with Crippen molar-refractivity contribution < 1.29 is 9.53 Å². The standard InChI is InChI=1S/C19H16N6O2/c1-27-19(26)15-12-20-18(23-21-13-8-4-2-5-9-13)16-17(15)25(24-22-16)14-10-6-3-7-11-14/h2-12,21H,1H3,(H,20,23). The minimum Gasteiger partial charge on any atom is -0.465 e. The molecule has 0 saturated heterocycles. The molecular formula is C19H16N6O2. The third-order valence-corrected chi connectivity index (χ3v) is 3.98. The van der Waals surface area contributed by atoms with Crippen LogP contribution in [0.1, 0.15) is 10.4 Å². The van der Waals surface area contributed by atoms with Gasteiger partial charge in [0.25, 0.3) is 0 Å². The van der Waals surface area contributed by atoms with E-state index < -0.39 is 5.97 Å². The summed E-state index contributed by atoms with van der Waals surface area (Å²) < 4.78 is 6.48. The fraction of sp³-hybridized carbons (Fsp3) is 0.0526. The molecule has 0 spiro atoms. The maximum absolute atomic E-state index is 12.2. The lowest BCUT2D eigenvalue weighted by Gasteiger charge is -2.11. The number of ether oxygens (including phenoxy) is 1. The first-order chi connectivity index (χ1) is 13.3. The van der Waals surface area contributed by atoms with Crippen LogP contribution in [0.5, 0.6) is 0 Å². The summed E-state index contributed by atoms with van der Waals surface area (Å²) in [7, 11) is 1.33. The molecule has 0 fully saturated rings. The molecule has 134 valence electrons. The zero-order valence-electron chi connectivity index (χ0n) is 14.5. The zero-order chi connectivity index (χ0) is 18.6. The molecule has 8 nitrogen and oxygen atoms in total. The van der Waals surface area contributed by atoms with Gasteiger partial charge >= 0.3 is 5.97 Å². The molecule has 2 N–H and O–H groups in total. The van der Waals surface area contributed by atoms with Crippen LogP contribution in [0.4, 0.5) is 11.5 Å². The second kappa shape index (κ2) is 7.12. The van der Waals surface area contributed by atoms with Crippen LogP contribution in [0, 0.1) is 0 Å². The van der Waals surface area contributed by atoms with Crippen molar-refractivity contribution in [2.75, 3.05) is 18.0 Å². The first kappa shape index (κ1) is 16.5. The Balaban J connectivity index is 1.80. The predicted molar refractivity (Wildman–Crippen MR) is 102 cm³/mol. The molecule has 8 heteroatoms. The highest BCUT2D eigenvalue weighted by molar-refractivity contribution is 6.04. The van der Waals surface area contributed by atoms with E-state index in [1.54, 1.807) is 4.68 Å². The number of hydrazine groups is 1. The van der Waals surface area contributed by atoms with Crippen molar-refractivity contribution in [3.63, 3.8) is 0 Å². The molecule has 0 atom stereocenters. The Morgan fingerprint density at radius 2 is 1.70 bits per heavy atom. The number of carbonyl (C=O) groups is 1. The van der Waals surface area contributed by atoms with Crippen molar-refractivity contribution in [2.45, 2.75) is 0 Å². The van der Waals surface area contributed by atoms with E-state index in [1.807, 2.05) is 60.7 Å². The van der Waals surface area contributed by atoms with Crippen LogP contribution in [0.3, 0.4) is 0 Å². The number of hydrogen-bond acceptors (Lipinski definition) is 7. The van der Waals surface area contributed by atoms with Gasteiger partial charge in [-0.2, -0.15) is 0 Å². The molecule has 2 heterocycles. The Bertz CT molecular complexity index is 1080. The average Bonchev–Trinajstić information content (AvgIpc) is 3.18. The monoisotopic (exact) mass is 360 g/mol. The van der Waals surface area contributed by atoms with E-state index in [2.05, 4.69) is 26.1 Å². The highest BCUT2D eigenvalue weighted by Gasteiger charge is 2.21. The number of anilines is 2. The molecular weight excluding hydrogens is 344 g/mol. The first-order valence-corrected chi connectivity index (χ1v) is 8.23. The smallest absolute Gasteiger partial charge is 0.341 e. The molecule has 27 heavy (non-hydrogen) atoms. The van der Waals surface area contributed by atoms with Crippen molar-refractivity contribution >= 4 is 28.5 Å². The molecule has 2 aromatic heterocycles. The summed E-state index contributed by atoms with van der Waals surface area (Å²) >= 11 is 0. The second-order valence-corrected chi connectivity index (χ2v) is 5.66. The number of nitrogens with zero attached hydrogens (tertiary/aromatic N) is 4. The van der Waals surface area contributed by atoms with Crippen molar-refractivity contribution in [1.82, 2.24) is 20.0 Å². The molecule has 0 unspecified atom stereocenters. The fourth-order valence-corrected chi connectivity index (χ4v) is 2.69. The minimum absolute atomic E-state index is 0.284. The number of aromatic nitrogens is 4. The molecule has 0 aliphatic heterocycles. The molecule has 4 aromatic rings. The maximum atomic E-state index is 12.2. The lowest BCUT2D eigenvalue weighted by molar-refractivity contribution is 0.0602. The summed E-state index contributed by atoms with van der Waals surface area (Å²) in [5.74, 6) is -0.0572. The number of carbonyl (C=O) groups excluding carboxylic acids is 1. The van der Waals surface area contributed by atoms with Crippen molar-refractivity contribution in [3.8, 4) is 5.69 Å².